The van der Waals surface area contributed by atoms with Gasteiger partial charge in [0, 0.05) is 37.6 Å². The second-order valence-corrected chi connectivity index (χ2v) is 6.17. The number of carbonyl (C=O) groups excluding carboxylic acids is 2. The molecule has 0 aliphatic rings. The molecule has 3 aromatic rings. The third-order valence-corrected chi connectivity index (χ3v) is 3.99. The van der Waals surface area contributed by atoms with Gasteiger partial charge in [0.15, 0.2) is 11.6 Å². The zero-order chi connectivity index (χ0) is 21.3. The average molecular weight is 412 g/mol. The standard InChI is InChI=1S/C21H18F2N4O3/c22-15-3-4-16(17(23)12-15)21(29)26-11-7-19(28)27-20-18(2-1-8-25-20)30-13-14-5-9-24-10-6-14/h1-6,8-10,12H,7,11,13H2,(H,26,29)(H,25,27,28). The van der Waals surface area contributed by atoms with Gasteiger partial charge in [-0.2, -0.15) is 0 Å². The van der Waals surface area contributed by atoms with Crippen molar-refractivity contribution in [2.75, 3.05) is 11.9 Å². The maximum atomic E-state index is 13.6. The Morgan fingerprint density at radius 1 is 1.03 bits per heavy atom. The fraction of sp³-hybridized carbons (Fsp3) is 0.143. The third-order valence-electron chi connectivity index (χ3n) is 3.99. The molecule has 0 saturated heterocycles. The molecule has 2 aromatic heterocycles. The highest BCUT2D eigenvalue weighted by molar-refractivity contribution is 5.95. The van der Waals surface area contributed by atoms with Crippen LogP contribution in [0.1, 0.15) is 22.3 Å². The predicted octanol–water partition coefficient (Wildman–Crippen LogP) is 3.09. The van der Waals surface area contributed by atoms with E-state index in [1.54, 1.807) is 36.7 Å². The van der Waals surface area contributed by atoms with Crippen LogP contribution in [0, 0.1) is 11.6 Å². The highest BCUT2D eigenvalue weighted by atomic mass is 19.1. The summed E-state index contributed by atoms with van der Waals surface area (Å²) in [5.74, 6) is -2.27. The summed E-state index contributed by atoms with van der Waals surface area (Å²) in [5.41, 5.74) is 0.607. The van der Waals surface area contributed by atoms with E-state index >= 15 is 0 Å². The molecule has 2 amide bonds. The monoisotopic (exact) mass is 412 g/mol. The van der Waals surface area contributed by atoms with E-state index in [1.165, 1.54) is 6.20 Å². The molecular formula is C21H18F2N4O3. The van der Waals surface area contributed by atoms with Crippen molar-refractivity contribution in [1.29, 1.82) is 0 Å². The summed E-state index contributed by atoms with van der Waals surface area (Å²) in [6.07, 6.45) is 4.73. The Kier molecular flexibility index (Phi) is 6.99. The van der Waals surface area contributed by atoms with Gasteiger partial charge >= 0.3 is 0 Å². The van der Waals surface area contributed by atoms with Gasteiger partial charge in [0.05, 0.1) is 5.56 Å². The van der Waals surface area contributed by atoms with Crippen LogP contribution in [0.15, 0.2) is 61.1 Å². The van der Waals surface area contributed by atoms with E-state index in [-0.39, 0.29) is 31.0 Å². The SMILES string of the molecule is O=C(CCNC(=O)c1ccc(F)cc1F)Nc1ncccc1OCc1ccncc1. The van der Waals surface area contributed by atoms with E-state index in [4.69, 9.17) is 4.74 Å². The first kappa shape index (κ1) is 20.8. The molecule has 154 valence electrons. The Hall–Kier alpha value is -3.88. The molecular weight excluding hydrogens is 394 g/mol. The van der Waals surface area contributed by atoms with Crippen LogP contribution in [0.2, 0.25) is 0 Å². The zero-order valence-electron chi connectivity index (χ0n) is 15.8. The van der Waals surface area contributed by atoms with Crippen molar-refractivity contribution in [3.05, 3.63) is 83.8 Å². The summed E-state index contributed by atoms with van der Waals surface area (Å²) in [6, 6.07) is 9.61. The van der Waals surface area contributed by atoms with E-state index in [9.17, 15) is 18.4 Å². The summed E-state index contributed by atoms with van der Waals surface area (Å²) in [6.45, 7) is 0.234. The van der Waals surface area contributed by atoms with Gasteiger partial charge in [-0.3, -0.25) is 14.6 Å². The molecule has 3 rings (SSSR count). The maximum Gasteiger partial charge on any atom is 0.254 e. The number of rotatable bonds is 8. The topological polar surface area (TPSA) is 93.2 Å². The molecule has 0 unspecified atom stereocenters. The van der Waals surface area contributed by atoms with Gasteiger partial charge in [-0.25, -0.2) is 13.8 Å². The molecule has 0 saturated carbocycles. The summed E-state index contributed by atoms with van der Waals surface area (Å²) in [4.78, 5) is 32.2. The number of pyridine rings is 2. The average Bonchev–Trinajstić information content (AvgIpc) is 2.73. The minimum absolute atomic E-state index is 0.0402. The minimum Gasteiger partial charge on any atom is -0.485 e. The van der Waals surface area contributed by atoms with Crippen molar-refractivity contribution < 1.29 is 23.1 Å². The van der Waals surface area contributed by atoms with Crippen LogP contribution >= 0.6 is 0 Å². The fourth-order valence-electron chi connectivity index (χ4n) is 2.49. The normalized spacial score (nSPS) is 10.3. The van der Waals surface area contributed by atoms with Gasteiger partial charge in [-0.1, -0.05) is 0 Å². The van der Waals surface area contributed by atoms with Crippen molar-refractivity contribution in [2.45, 2.75) is 13.0 Å². The Balaban J connectivity index is 1.50. The molecule has 0 aliphatic carbocycles. The van der Waals surface area contributed by atoms with Crippen LogP contribution in [0.4, 0.5) is 14.6 Å². The Morgan fingerprint density at radius 3 is 2.60 bits per heavy atom. The lowest BCUT2D eigenvalue weighted by atomic mass is 10.2. The van der Waals surface area contributed by atoms with Crippen molar-refractivity contribution in [1.82, 2.24) is 15.3 Å². The summed E-state index contributed by atoms with van der Waals surface area (Å²) >= 11 is 0. The lowest BCUT2D eigenvalue weighted by molar-refractivity contribution is -0.116. The van der Waals surface area contributed by atoms with Crippen molar-refractivity contribution >= 4 is 17.6 Å². The van der Waals surface area contributed by atoms with Gasteiger partial charge < -0.3 is 15.4 Å². The number of hydrogen-bond donors (Lipinski definition) is 2. The molecule has 30 heavy (non-hydrogen) atoms. The second kappa shape index (κ2) is 10.1. The van der Waals surface area contributed by atoms with Crippen LogP contribution in [0.3, 0.4) is 0 Å². The Bertz CT molecular complexity index is 1030. The molecule has 0 aliphatic heterocycles. The quantitative estimate of drug-likeness (QED) is 0.593. The minimum atomic E-state index is -0.971. The molecule has 2 N–H and O–H groups in total. The van der Waals surface area contributed by atoms with Crippen molar-refractivity contribution in [3.63, 3.8) is 0 Å². The predicted molar refractivity (Wildman–Crippen MR) is 105 cm³/mol. The molecule has 9 heteroatoms. The smallest absolute Gasteiger partial charge is 0.254 e. The van der Waals surface area contributed by atoms with Gasteiger partial charge in [-0.15, -0.1) is 0 Å². The number of ether oxygens (including phenoxy) is 1. The zero-order valence-corrected chi connectivity index (χ0v) is 15.8. The first-order valence-electron chi connectivity index (χ1n) is 9.03. The summed E-state index contributed by atoms with van der Waals surface area (Å²) in [5, 5.41) is 5.03. The van der Waals surface area contributed by atoms with Crippen LogP contribution in [0.25, 0.3) is 0 Å². The van der Waals surface area contributed by atoms with E-state index in [2.05, 4.69) is 20.6 Å². The number of aromatic nitrogens is 2. The summed E-state index contributed by atoms with van der Waals surface area (Å²) in [7, 11) is 0. The number of halogens is 2. The van der Waals surface area contributed by atoms with Crippen molar-refractivity contribution in [3.8, 4) is 5.75 Å². The van der Waals surface area contributed by atoms with Crippen LogP contribution in [-0.4, -0.2) is 28.3 Å². The number of benzene rings is 1. The highest BCUT2D eigenvalue weighted by Crippen LogP contribution is 2.22. The van der Waals surface area contributed by atoms with Gasteiger partial charge in [0.1, 0.15) is 18.2 Å². The Labute approximate surface area is 171 Å². The van der Waals surface area contributed by atoms with E-state index in [0.29, 0.717) is 11.8 Å². The van der Waals surface area contributed by atoms with Gasteiger partial charge in [0.25, 0.3) is 5.91 Å². The second-order valence-electron chi connectivity index (χ2n) is 6.17. The van der Waals surface area contributed by atoms with Crippen LogP contribution in [0.5, 0.6) is 5.75 Å². The van der Waals surface area contributed by atoms with E-state index < -0.39 is 23.4 Å². The van der Waals surface area contributed by atoms with E-state index in [1.807, 2.05) is 0 Å². The number of anilines is 1. The maximum absolute atomic E-state index is 13.6. The molecule has 0 atom stereocenters. The lowest BCUT2D eigenvalue weighted by Gasteiger charge is -2.12. The van der Waals surface area contributed by atoms with Crippen molar-refractivity contribution in [2.24, 2.45) is 0 Å². The molecule has 7 nitrogen and oxygen atoms in total. The molecule has 0 fully saturated rings. The largest absolute Gasteiger partial charge is 0.485 e. The van der Waals surface area contributed by atoms with Gasteiger partial charge in [0.2, 0.25) is 5.91 Å². The number of nitrogens with one attached hydrogen (secondary N) is 2. The number of carbonyl (C=O) groups is 2. The number of amides is 2. The summed E-state index contributed by atoms with van der Waals surface area (Å²) < 4.78 is 32.2. The highest BCUT2D eigenvalue weighted by Gasteiger charge is 2.13. The number of nitrogens with zero attached hydrogens (tertiary/aromatic N) is 2. The van der Waals surface area contributed by atoms with E-state index in [0.717, 1.165) is 17.7 Å². The Morgan fingerprint density at radius 2 is 1.83 bits per heavy atom. The fourth-order valence-corrected chi connectivity index (χ4v) is 2.49. The first-order chi connectivity index (χ1) is 14.5. The van der Waals surface area contributed by atoms with Crippen LogP contribution < -0.4 is 15.4 Å². The molecule has 1 aromatic carbocycles. The molecule has 0 bridgehead atoms. The van der Waals surface area contributed by atoms with Crippen LogP contribution in [-0.2, 0) is 11.4 Å². The first-order valence-corrected chi connectivity index (χ1v) is 9.03. The van der Waals surface area contributed by atoms with Gasteiger partial charge in [-0.05, 0) is 42.0 Å². The lowest BCUT2D eigenvalue weighted by Crippen LogP contribution is -2.28. The molecule has 0 radical (unpaired) electrons. The molecule has 2 heterocycles. The third kappa shape index (κ3) is 5.81. The number of hydrogen-bond acceptors (Lipinski definition) is 5. The molecule has 0 spiro atoms.